The molecule has 0 radical (unpaired) electrons. The first-order chi connectivity index (χ1) is 10.9. The molecule has 1 aliphatic carbocycles. The van der Waals surface area contributed by atoms with Crippen LogP contribution in [0.15, 0.2) is 12.1 Å². The number of anilines is 2. The number of carbonyl (C=O) groups excluding carboxylic acids is 2. The molecule has 1 saturated carbocycles. The van der Waals surface area contributed by atoms with Crippen LogP contribution in [0.1, 0.15) is 39.5 Å². The Labute approximate surface area is 134 Å². The molecule has 0 bridgehead atoms. The molecule has 1 aromatic heterocycles. The van der Waals surface area contributed by atoms with Gasteiger partial charge >= 0.3 is 5.97 Å². The molecule has 0 atom stereocenters. The first kappa shape index (κ1) is 15.6. The lowest BCUT2D eigenvalue weighted by molar-refractivity contribution is -0.148. The van der Waals surface area contributed by atoms with E-state index in [0.29, 0.717) is 5.75 Å². The van der Waals surface area contributed by atoms with Gasteiger partial charge in [0.2, 0.25) is 0 Å². The SMILES string of the molecule is CC1(C)Oc2ccc(N)nc2N(CC(=O)OC2CCCC2)C1=O. The third kappa shape index (κ3) is 3.09. The standard InChI is InChI=1S/C16H21N3O4/c1-16(2)15(21)19(9-13(20)22-10-5-3-4-6-10)14-11(23-16)7-8-12(17)18-14/h7-8,10H,3-6,9H2,1-2H3,(H2,17,18). The molecule has 7 heteroatoms. The number of aromatic nitrogens is 1. The van der Waals surface area contributed by atoms with E-state index in [2.05, 4.69) is 4.98 Å². The van der Waals surface area contributed by atoms with Crippen molar-refractivity contribution in [2.24, 2.45) is 0 Å². The Bertz CT molecular complexity index is 638. The number of hydrogen-bond acceptors (Lipinski definition) is 6. The summed E-state index contributed by atoms with van der Waals surface area (Å²) in [4.78, 5) is 30.3. The molecule has 124 valence electrons. The zero-order valence-corrected chi connectivity index (χ0v) is 13.4. The number of nitrogen functional groups attached to an aromatic ring is 1. The van der Waals surface area contributed by atoms with Crippen molar-refractivity contribution >= 4 is 23.5 Å². The summed E-state index contributed by atoms with van der Waals surface area (Å²) >= 11 is 0. The largest absolute Gasteiger partial charge is 0.474 e. The van der Waals surface area contributed by atoms with Crippen molar-refractivity contribution in [3.05, 3.63) is 12.1 Å². The van der Waals surface area contributed by atoms with E-state index >= 15 is 0 Å². The van der Waals surface area contributed by atoms with Gasteiger partial charge in [-0.3, -0.25) is 14.5 Å². The van der Waals surface area contributed by atoms with Crippen molar-refractivity contribution in [3.8, 4) is 5.75 Å². The number of carbonyl (C=O) groups is 2. The van der Waals surface area contributed by atoms with Crippen molar-refractivity contribution in [1.29, 1.82) is 0 Å². The van der Waals surface area contributed by atoms with Gasteiger partial charge in [-0.2, -0.15) is 0 Å². The average Bonchev–Trinajstić information content (AvgIpc) is 2.97. The summed E-state index contributed by atoms with van der Waals surface area (Å²) in [5.74, 6) is 0.175. The normalized spacial score (nSPS) is 20.1. The fraction of sp³-hybridized carbons (Fsp3) is 0.562. The van der Waals surface area contributed by atoms with Crippen LogP contribution in [0.4, 0.5) is 11.6 Å². The summed E-state index contributed by atoms with van der Waals surface area (Å²) in [6.45, 7) is 3.12. The third-order valence-corrected chi connectivity index (χ3v) is 4.13. The summed E-state index contributed by atoms with van der Waals surface area (Å²) in [6, 6.07) is 3.25. The molecule has 7 nitrogen and oxygen atoms in total. The summed E-state index contributed by atoms with van der Waals surface area (Å²) in [5, 5.41) is 0. The first-order valence-electron chi connectivity index (χ1n) is 7.84. The molecule has 3 rings (SSSR count). The van der Waals surface area contributed by atoms with Gasteiger partial charge in [0.05, 0.1) is 0 Å². The number of amides is 1. The van der Waals surface area contributed by atoms with E-state index in [1.165, 1.54) is 4.90 Å². The van der Waals surface area contributed by atoms with Gasteiger partial charge in [0.25, 0.3) is 5.91 Å². The smallest absolute Gasteiger partial charge is 0.326 e. The molecule has 0 unspecified atom stereocenters. The van der Waals surface area contributed by atoms with E-state index in [0.717, 1.165) is 25.7 Å². The molecule has 1 amide bonds. The van der Waals surface area contributed by atoms with Crippen LogP contribution in [0.2, 0.25) is 0 Å². The molecular formula is C16H21N3O4. The molecule has 1 aliphatic heterocycles. The van der Waals surface area contributed by atoms with Crippen LogP contribution in [0.3, 0.4) is 0 Å². The van der Waals surface area contributed by atoms with Crippen molar-refractivity contribution in [2.75, 3.05) is 17.2 Å². The Morgan fingerprint density at radius 1 is 1.43 bits per heavy atom. The minimum atomic E-state index is -1.07. The number of hydrogen-bond donors (Lipinski definition) is 1. The number of nitrogens with zero attached hydrogens (tertiary/aromatic N) is 2. The van der Waals surface area contributed by atoms with E-state index in [1.54, 1.807) is 26.0 Å². The maximum absolute atomic E-state index is 12.6. The van der Waals surface area contributed by atoms with E-state index in [1.807, 2.05) is 0 Å². The average molecular weight is 319 g/mol. The van der Waals surface area contributed by atoms with Crippen LogP contribution in [0.5, 0.6) is 5.75 Å². The lowest BCUT2D eigenvalue weighted by Gasteiger charge is -2.37. The molecule has 1 fully saturated rings. The maximum atomic E-state index is 12.6. The van der Waals surface area contributed by atoms with Gasteiger partial charge < -0.3 is 15.2 Å². The van der Waals surface area contributed by atoms with Gasteiger partial charge in [0, 0.05) is 0 Å². The number of esters is 1. The van der Waals surface area contributed by atoms with Crippen LogP contribution < -0.4 is 15.4 Å². The second kappa shape index (κ2) is 5.72. The molecule has 0 aromatic carbocycles. The van der Waals surface area contributed by atoms with Gasteiger partial charge in [-0.1, -0.05) is 0 Å². The number of ether oxygens (including phenoxy) is 2. The van der Waals surface area contributed by atoms with E-state index < -0.39 is 11.6 Å². The van der Waals surface area contributed by atoms with Crippen molar-refractivity contribution in [2.45, 2.75) is 51.2 Å². The van der Waals surface area contributed by atoms with Gasteiger partial charge in [-0.05, 0) is 51.7 Å². The molecule has 23 heavy (non-hydrogen) atoms. The van der Waals surface area contributed by atoms with Crippen molar-refractivity contribution in [1.82, 2.24) is 4.98 Å². The summed E-state index contributed by atoms with van der Waals surface area (Å²) < 4.78 is 11.1. The number of pyridine rings is 1. The van der Waals surface area contributed by atoms with E-state index in [9.17, 15) is 9.59 Å². The van der Waals surface area contributed by atoms with Crippen LogP contribution >= 0.6 is 0 Å². The summed E-state index contributed by atoms with van der Waals surface area (Å²) in [6.07, 6.45) is 3.87. The fourth-order valence-electron chi connectivity index (χ4n) is 2.97. The molecule has 2 aliphatic rings. The third-order valence-electron chi connectivity index (χ3n) is 4.13. The molecule has 0 spiro atoms. The second-order valence-corrected chi connectivity index (χ2v) is 6.46. The van der Waals surface area contributed by atoms with Crippen LogP contribution in [-0.4, -0.2) is 35.1 Å². The summed E-state index contributed by atoms with van der Waals surface area (Å²) in [5.41, 5.74) is 4.63. The highest BCUT2D eigenvalue weighted by atomic mass is 16.5. The Kier molecular flexibility index (Phi) is 3.87. The summed E-state index contributed by atoms with van der Waals surface area (Å²) in [7, 11) is 0. The topological polar surface area (TPSA) is 94.8 Å². The Morgan fingerprint density at radius 2 is 2.13 bits per heavy atom. The van der Waals surface area contributed by atoms with Crippen LogP contribution in [-0.2, 0) is 14.3 Å². The Morgan fingerprint density at radius 3 is 2.83 bits per heavy atom. The fourth-order valence-corrected chi connectivity index (χ4v) is 2.97. The van der Waals surface area contributed by atoms with Gasteiger partial charge in [0.1, 0.15) is 18.5 Å². The number of rotatable bonds is 3. The molecular weight excluding hydrogens is 298 g/mol. The molecule has 2 heterocycles. The van der Waals surface area contributed by atoms with Crippen molar-refractivity contribution in [3.63, 3.8) is 0 Å². The lowest BCUT2D eigenvalue weighted by atomic mass is 10.1. The van der Waals surface area contributed by atoms with Gasteiger partial charge in [-0.25, -0.2) is 4.98 Å². The first-order valence-corrected chi connectivity index (χ1v) is 7.84. The van der Waals surface area contributed by atoms with Gasteiger partial charge in [-0.15, -0.1) is 0 Å². The minimum absolute atomic E-state index is 0.0417. The van der Waals surface area contributed by atoms with Crippen LogP contribution in [0, 0.1) is 0 Å². The molecule has 0 saturated heterocycles. The minimum Gasteiger partial charge on any atom is -0.474 e. The zero-order valence-electron chi connectivity index (χ0n) is 13.4. The highest BCUT2D eigenvalue weighted by Gasteiger charge is 2.43. The Hall–Kier alpha value is -2.31. The number of nitrogens with two attached hydrogens (primary N) is 1. The van der Waals surface area contributed by atoms with E-state index in [-0.39, 0.29) is 30.2 Å². The highest BCUT2D eigenvalue weighted by Crippen LogP contribution is 2.36. The number of fused-ring (bicyclic) bond motifs is 1. The quantitative estimate of drug-likeness (QED) is 0.851. The molecule has 2 N–H and O–H groups in total. The Balaban J connectivity index is 1.82. The predicted molar refractivity (Wildman–Crippen MR) is 84.1 cm³/mol. The van der Waals surface area contributed by atoms with Crippen molar-refractivity contribution < 1.29 is 19.1 Å². The molecule has 1 aromatic rings. The zero-order chi connectivity index (χ0) is 16.6. The highest BCUT2D eigenvalue weighted by molar-refractivity contribution is 6.04. The van der Waals surface area contributed by atoms with Gasteiger partial charge in [0.15, 0.2) is 17.2 Å². The maximum Gasteiger partial charge on any atom is 0.326 e. The van der Waals surface area contributed by atoms with E-state index in [4.69, 9.17) is 15.2 Å². The predicted octanol–water partition coefficient (Wildman–Crippen LogP) is 1.65. The monoisotopic (exact) mass is 319 g/mol. The second-order valence-electron chi connectivity index (χ2n) is 6.46. The van der Waals surface area contributed by atoms with Crippen LogP contribution in [0.25, 0.3) is 0 Å². The lowest BCUT2D eigenvalue weighted by Crippen LogP contribution is -2.54.